The number of aliphatic hydroxyl groups excluding tert-OH is 3. The van der Waals surface area contributed by atoms with Crippen molar-refractivity contribution in [3.8, 4) is 0 Å². The van der Waals surface area contributed by atoms with Gasteiger partial charge in [0, 0.05) is 12.8 Å². The monoisotopic (exact) mass is 1060 g/mol. The maximum absolute atomic E-state index is 12.2. The molecule has 5 unspecified atom stereocenters. The highest BCUT2D eigenvalue weighted by atomic mass is 31.2. The fourth-order valence-corrected chi connectivity index (χ4v) is 8.46. The zero-order valence-corrected chi connectivity index (χ0v) is 46.1. The molecule has 0 heterocycles. The van der Waals surface area contributed by atoms with E-state index in [0.717, 1.165) is 83.5 Å². The highest BCUT2D eigenvalue weighted by Gasteiger charge is 2.28. The molecule has 0 saturated carbocycles. The Hall–Kier alpha value is -2.52. The number of ether oxygens (including phenoxy) is 2. The van der Waals surface area contributed by atoms with Crippen LogP contribution in [0.5, 0.6) is 0 Å². The average molecular weight is 1060 g/mol. The molecule has 0 saturated heterocycles. The summed E-state index contributed by atoms with van der Waals surface area (Å²) in [4.78, 5) is 43.9. The number of hydrogen-bond acceptors (Lipinski definition) is 13. The molecular formula is C55H98O15P2. The molecule has 0 spiro atoms. The van der Waals surface area contributed by atoms with Crippen LogP contribution >= 0.6 is 15.6 Å². The third-order valence-electron chi connectivity index (χ3n) is 11.1. The zero-order valence-electron chi connectivity index (χ0n) is 44.3. The van der Waals surface area contributed by atoms with Crippen LogP contribution in [0.4, 0.5) is 0 Å². The Morgan fingerprint density at radius 2 is 0.597 bits per heavy atom. The van der Waals surface area contributed by atoms with Crippen LogP contribution in [0.25, 0.3) is 0 Å². The number of carbonyl (C=O) groups excluding carboxylic acids is 2. The van der Waals surface area contributed by atoms with E-state index in [0.29, 0.717) is 12.8 Å². The van der Waals surface area contributed by atoms with E-state index < -0.39 is 85.5 Å². The number of unbranched alkanes of at least 4 members (excludes halogenated alkanes) is 20. The number of hydrogen-bond donors (Lipinski definition) is 5. The molecule has 0 aromatic heterocycles. The topological polar surface area (TPSA) is 225 Å². The van der Waals surface area contributed by atoms with E-state index in [1.54, 1.807) is 0 Å². The summed E-state index contributed by atoms with van der Waals surface area (Å²) < 4.78 is 53.2. The van der Waals surface area contributed by atoms with E-state index in [-0.39, 0.29) is 12.8 Å². The first-order valence-corrected chi connectivity index (χ1v) is 30.3. The average Bonchev–Trinajstić information content (AvgIpc) is 3.36. The predicted molar refractivity (Wildman–Crippen MR) is 288 cm³/mol. The predicted octanol–water partition coefficient (Wildman–Crippen LogP) is 13.5. The van der Waals surface area contributed by atoms with E-state index in [1.165, 1.54) is 83.5 Å². The molecule has 0 aromatic rings. The quantitative estimate of drug-likeness (QED) is 0.0165. The Balaban J connectivity index is 3.87. The van der Waals surface area contributed by atoms with Gasteiger partial charge >= 0.3 is 27.6 Å². The van der Waals surface area contributed by atoms with Crippen LogP contribution in [0.1, 0.15) is 206 Å². The normalized spacial score (nSPS) is 15.4. The Kier molecular flexibility index (Phi) is 48.9. The SMILES string of the molecule is CCCCC/C=C\C/C=C\C/C=C\C/C=C\CCCCCCCC(=O)OCC(O)COP(=O)(O)OCC(O)COP(=O)(O)OCC(O)COC(=O)CCCCCCCCCCC/C=C\C/C=C\CCCCC. The van der Waals surface area contributed by atoms with E-state index in [1.807, 2.05) is 0 Å². The van der Waals surface area contributed by atoms with E-state index in [2.05, 4.69) is 95.8 Å². The summed E-state index contributed by atoms with van der Waals surface area (Å²) >= 11 is 0. The molecule has 17 heteroatoms. The van der Waals surface area contributed by atoms with Crippen LogP contribution in [-0.4, -0.2) is 95.0 Å². The molecule has 0 aliphatic heterocycles. The minimum Gasteiger partial charge on any atom is -0.463 e. The minimum atomic E-state index is -4.80. The van der Waals surface area contributed by atoms with Crippen molar-refractivity contribution in [1.82, 2.24) is 0 Å². The van der Waals surface area contributed by atoms with Gasteiger partial charge in [0.2, 0.25) is 0 Å². The number of carbonyl (C=O) groups is 2. The van der Waals surface area contributed by atoms with Crippen molar-refractivity contribution < 1.29 is 71.4 Å². The Morgan fingerprint density at radius 3 is 0.889 bits per heavy atom. The zero-order chi connectivity index (χ0) is 53.1. The molecular weight excluding hydrogens is 963 g/mol. The van der Waals surface area contributed by atoms with Crippen LogP contribution in [-0.2, 0) is 46.3 Å². The fourth-order valence-electron chi connectivity index (χ4n) is 6.87. The van der Waals surface area contributed by atoms with Crippen LogP contribution in [0.2, 0.25) is 0 Å². The molecule has 0 aromatic carbocycles. The summed E-state index contributed by atoms with van der Waals surface area (Å²) in [7, 11) is -9.59. The maximum Gasteiger partial charge on any atom is 0.472 e. The second kappa shape index (κ2) is 50.6. The molecule has 0 aliphatic carbocycles. The second-order valence-corrected chi connectivity index (χ2v) is 21.1. The lowest BCUT2D eigenvalue weighted by atomic mass is 10.1. The maximum atomic E-state index is 12.2. The molecule has 0 bridgehead atoms. The first-order chi connectivity index (χ1) is 34.8. The standard InChI is InChI=1S/C55H98O15P2/c1-3-5-7-9-11-13-15-17-19-21-23-24-26-28-30-32-34-36-38-40-42-44-55(60)66-46-52(57)48-68-72(63,64)70-50-53(58)49-69-71(61,62)67-47-51(56)45-65-54(59)43-41-39-37-35-33-31-29-27-25-22-20-18-16-14-12-10-8-6-4-2/h11-14,17-20,23-24,28,30,51-53,56-58H,3-10,15-16,21-22,25-27,29,31-50H2,1-2H3,(H,61,62)(H,63,64)/b13-11-,14-12-,19-17-,20-18-,24-23-,30-28-. The van der Waals surface area contributed by atoms with Gasteiger partial charge in [0.25, 0.3) is 0 Å². The minimum absolute atomic E-state index is 0.173. The molecule has 5 atom stereocenters. The lowest BCUT2D eigenvalue weighted by Gasteiger charge is -2.19. The van der Waals surface area contributed by atoms with Gasteiger partial charge < -0.3 is 34.6 Å². The van der Waals surface area contributed by atoms with Gasteiger partial charge in [-0.25, -0.2) is 9.13 Å². The van der Waals surface area contributed by atoms with E-state index in [9.17, 15) is 43.8 Å². The first kappa shape index (κ1) is 69.5. The molecule has 418 valence electrons. The van der Waals surface area contributed by atoms with Gasteiger partial charge in [-0.15, -0.1) is 0 Å². The smallest absolute Gasteiger partial charge is 0.463 e. The van der Waals surface area contributed by atoms with Crippen molar-refractivity contribution in [2.24, 2.45) is 0 Å². The largest absolute Gasteiger partial charge is 0.472 e. The molecule has 0 amide bonds. The van der Waals surface area contributed by atoms with Crippen molar-refractivity contribution in [3.63, 3.8) is 0 Å². The van der Waals surface area contributed by atoms with Crippen LogP contribution in [0.3, 0.4) is 0 Å². The highest BCUT2D eigenvalue weighted by Crippen LogP contribution is 2.45. The van der Waals surface area contributed by atoms with Crippen molar-refractivity contribution in [2.75, 3.05) is 39.6 Å². The summed E-state index contributed by atoms with van der Waals surface area (Å²) in [6.45, 7) is 0.355. The van der Waals surface area contributed by atoms with Gasteiger partial charge in [0.05, 0.1) is 26.4 Å². The fraction of sp³-hybridized carbons (Fsp3) is 0.745. The summed E-state index contributed by atoms with van der Waals surface area (Å²) in [6.07, 6.45) is 53.0. The van der Waals surface area contributed by atoms with Crippen molar-refractivity contribution in [3.05, 3.63) is 72.9 Å². The van der Waals surface area contributed by atoms with Gasteiger partial charge in [-0.2, -0.15) is 0 Å². The Morgan fingerprint density at radius 1 is 0.361 bits per heavy atom. The number of phosphoric ester groups is 2. The number of esters is 2. The van der Waals surface area contributed by atoms with Crippen molar-refractivity contribution in [2.45, 2.75) is 225 Å². The van der Waals surface area contributed by atoms with Gasteiger partial charge in [-0.3, -0.25) is 27.7 Å². The van der Waals surface area contributed by atoms with Crippen LogP contribution in [0, 0.1) is 0 Å². The van der Waals surface area contributed by atoms with Crippen molar-refractivity contribution in [1.29, 1.82) is 0 Å². The van der Waals surface area contributed by atoms with E-state index >= 15 is 0 Å². The van der Waals surface area contributed by atoms with Crippen molar-refractivity contribution >= 4 is 27.6 Å². The lowest BCUT2D eigenvalue weighted by Crippen LogP contribution is -2.25. The number of rotatable bonds is 52. The molecule has 0 rings (SSSR count). The molecule has 0 aliphatic rings. The van der Waals surface area contributed by atoms with Crippen LogP contribution < -0.4 is 0 Å². The number of phosphoric acid groups is 2. The van der Waals surface area contributed by atoms with Gasteiger partial charge in [-0.05, 0) is 89.9 Å². The molecule has 15 nitrogen and oxygen atoms in total. The molecule has 0 radical (unpaired) electrons. The third-order valence-corrected chi connectivity index (χ3v) is 13.0. The van der Waals surface area contributed by atoms with Gasteiger partial charge in [-0.1, -0.05) is 177 Å². The number of allylic oxidation sites excluding steroid dienone is 12. The lowest BCUT2D eigenvalue weighted by molar-refractivity contribution is -0.148. The first-order valence-electron chi connectivity index (χ1n) is 27.3. The Bertz CT molecular complexity index is 1560. The summed E-state index contributed by atoms with van der Waals surface area (Å²) in [6, 6.07) is 0. The van der Waals surface area contributed by atoms with E-state index in [4.69, 9.17) is 18.5 Å². The number of aliphatic hydroxyl groups is 3. The van der Waals surface area contributed by atoms with Crippen LogP contribution in [0.15, 0.2) is 72.9 Å². The van der Waals surface area contributed by atoms with Gasteiger partial charge in [0.15, 0.2) is 0 Å². The molecule has 5 N–H and O–H groups in total. The summed E-state index contributed by atoms with van der Waals surface area (Å²) in [5.74, 6) is -1.02. The molecule has 72 heavy (non-hydrogen) atoms. The van der Waals surface area contributed by atoms with Gasteiger partial charge in [0.1, 0.15) is 31.5 Å². The second-order valence-electron chi connectivity index (χ2n) is 18.2. The third kappa shape index (κ3) is 52.3. The summed E-state index contributed by atoms with van der Waals surface area (Å²) in [5, 5.41) is 30.1. The highest BCUT2D eigenvalue weighted by molar-refractivity contribution is 7.47. The summed E-state index contributed by atoms with van der Waals surface area (Å²) in [5.41, 5.74) is 0. The Labute approximate surface area is 434 Å². The molecule has 0 fully saturated rings.